The maximum absolute atomic E-state index is 12.2. The molecule has 0 aliphatic rings. The van der Waals surface area contributed by atoms with Gasteiger partial charge in [-0.05, 0) is 36.7 Å². The number of carbonyl (C=O) groups excluding carboxylic acids is 1. The standard InChI is InChI=1S/C12H12OS2/c1-12(2,10-6-4-8-15-10)11(13)9-5-3-7-14-9/h3-8H,1-2H3. The van der Waals surface area contributed by atoms with Gasteiger partial charge >= 0.3 is 0 Å². The van der Waals surface area contributed by atoms with Crippen LogP contribution in [0.4, 0.5) is 0 Å². The SMILES string of the molecule is CC(C)(C(=O)c1cccs1)c1cccs1. The van der Waals surface area contributed by atoms with Gasteiger partial charge in [-0.3, -0.25) is 4.79 Å². The van der Waals surface area contributed by atoms with Crippen LogP contribution < -0.4 is 0 Å². The van der Waals surface area contributed by atoms with Crippen LogP contribution in [0.1, 0.15) is 28.4 Å². The molecule has 0 aromatic carbocycles. The Morgan fingerprint density at radius 1 is 1.13 bits per heavy atom. The molecule has 0 aliphatic heterocycles. The lowest BCUT2D eigenvalue weighted by Crippen LogP contribution is -2.27. The molecule has 1 nitrogen and oxygen atoms in total. The van der Waals surface area contributed by atoms with E-state index < -0.39 is 5.41 Å². The Morgan fingerprint density at radius 3 is 2.33 bits per heavy atom. The largest absolute Gasteiger partial charge is 0.292 e. The molecule has 15 heavy (non-hydrogen) atoms. The lowest BCUT2D eigenvalue weighted by atomic mass is 9.85. The first-order valence-corrected chi connectivity index (χ1v) is 6.50. The fourth-order valence-electron chi connectivity index (χ4n) is 1.46. The predicted octanol–water partition coefficient (Wildman–Crippen LogP) is 3.97. The van der Waals surface area contributed by atoms with Crippen molar-refractivity contribution in [2.24, 2.45) is 0 Å². The molecule has 0 fully saturated rings. The Balaban J connectivity index is 2.35. The molecular formula is C12H12OS2. The minimum atomic E-state index is -0.404. The van der Waals surface area contributed by atoms with Gasteiger partial charge in [0, 0.05) is 4.88 Å². The fourth-order valence-corrected chi connectivity index (χ4v) is 3.13. The van der Waals surface area contributed by atoms with Crippen LogP contribution in [0.2, 0.25) is 0 Å². The first kappa shape index (κ1) is 10.6. The topological polar surface area (TPSA) is 17.1 Å². The van der Waals surface area contributed by atoms with Gasteiger partial charge in [-0.25, -0.2) is 0 Å². The van der Waals surface area contributed by atoms with Crippen LogP contribution >= 0.6 is 22.7 Å². The molecule has 2 rings (SSSR count). The van der Waals surface area contributed by atoms with E-state index in [1.807, 2.05) is 48.9 Å². The Morgan fingerprint density at radius 2 is 1.80 bits per heavy atom. The van der Waals surface area contributed by atoms with E-state index in [0.29, 0.717) is 0 Å². The van der Waals surface area contributed by atoms with Crippen molar-refractivity contribution in [1.82, 2.24) is 0 Å². The molecule has 0 aliphatic carbocycles. The predicted molar refractivity (Wildman–Crippen MR) is 66.0 cm³/mol. The second-order valence-electron chi connectivity index (χ2n) is 3.91. The van der Waals surface area contributed by atoms with Gasteiger partial charge < -0.3 is 0 Å². The zero-order valence-electron chi connectivity index (χ0n) is 8.69. The average molecular weight is 236 g/mol. The number of hydrogen-bond acceptors (Lipinski definition) is 3. The number of ketones is 1. The number of rotatable bonds is 3. The number of carbonyl (C=O) groups is 1. The molecule has 2 aromatic rings. The van der Waals surface area contributed by atoms with Gasteiger partial charge in [-0.1, -0.05) is 12.1 Å². The third-order valence-corrected chi connectivity index (χ3v) is 4.51. The molecule has 0 saturated heterocycles. The Bertz CT molecular complexity index is 438. The highest BCUT2D eigenvalue weighted by Gasteiger charge is 2.31. The summed E-state index contributed by atoms with van der Waals surface area (Å²) in [6.07, 6.45) is 0. The first-order valence-electron chi connectivity index (χ1n) is 4.74. The van der Waals surface area contributed by atoms with Crippen LogP contribution in [-0.4, -0.2) is 5.78 Å². The molecule has 0 amide bonds. The number of thiophene rings is 2. The lowest BCUT2D eigenvalue weighted by Gasteiger charge is -2.20. The summed E-state index contributed by atoms with van der Waals surface area (Å²) >= 11 is 3.15. The number of Topliss-reactive ketones (excluding diaryl/α,β-unsaturated/α-hetero) is 1. The minimum Gasteiger partial charge on any atom is -0.292 e. The van der Waals surface area contributed by atoms with Crippen molar-refractivity contribution in [1.29, 1.82) is 0 Å². The summed E-state index contributed by atoms with van der Waals surface area (Å²) in [6.45, 7) is 3.97. The molecule has 0 bridgehead atoms. The average Bonchev–Trinajstić information content (AvgIpc) is 2.89. The minimum absolute atomic E-state index is 0.208. The highest BCUT2D eigenvalue weighted by molar-refractivity contribution is 7.12. The summed E-state index contributed by atoms with van der Waals surface area (Å²) in [5.41, 5.74) is -0.404. The van der Waals surface area contributed by atoms with Gasteiger partial charge in [-0.2, -0.15) is 0 Å². The molecule has 0 N–H and O–H groups in total. The van der Waals surface area contributed by atoms with Crippen LogP contribution in [0.5, 0.6) is 0 Å². The van der Waals surface area contributed by atoms with Crippen LogP contribution in [0.25, 0.3) is 0 Å². The van der Waals surface area contributed by atoms with Crippen molar-refractivity contribution >= 4 is 28.5 Å². The lowest BCUT2D eigenvalue weighted by molar-refractivity contribution is 0.0915. The molecule has 2 aromatic heterocycles. The van der Waals surface area contributed by atoms with Gasteiger partial charge in [0.2, 0.25) is 0 Å². The van der Waals surface area contributed by atoms with Crippen molar-refractivity contribution in [3.63, 3.8) is 0 Å². The molecule has 0 unspecified atom stereocenters. The fraction of sp³-hybridized carbons (Fsp3) is 0.250. The van der Waals surface area contributed by atoms with Gasteiger partial charge in [0.15, 0.2) is 5.78 Å². The molecule has 3 heteroatoms. The highest BCUT2D eigenvalue weighted by atomic mass is 32.1. The number of hydrogen-bond donors (Lipinski definition) is 0. The Kier molecular flexibility index (Phi) is 2.76. The zero-order chi connectivity index (χ0) is 10.9. The summed E-state index contributed by atoms with van der Waals surface area (Å²) in [7, 11) is 0. The van der Waals surface area contributed by atoms with E-state index in [-0.39, 0.29) is 5.78 Å². The second kappa shape index (κ2) is 3.91. The third-order valence-electron chi connectivity index (χ3n) is 2.45. The summed E-state index contributed by atoms with van der Waals surface area (Å²) in [6, 6.07) is 7.82. The van der Waals surface area contributed by atoms with E-state index in [1.54, 1.807) is 11.3 Å². The van der Waals surface area contributed by atoms with Crippen molar-refractivity contribution in [2.75, 3.05) is 0 Å². The maximum atomic E-state index is 12.2. The first-order chi connectivity index (χ1) is 7.12. The zero-order valence-corrected chi connectivity index (χ0v) is 10.3. The van der Waals surface area contributed by atoms with Crippen LogP contribution in [0.15, 0.2) is 35.0 Å². The van der Waals surface area contributed by atoms with E-state index in [9.17, 15) is 4.79 Å². The maximum Gasteiger partial charge on any atom is 0.183 e. The summed E-state index contributed by atoms with van der Waals surface area (Å²) in [4.78, 5) is 14.2. The van der Waals surface area contributed by atoms with Gasteiger partial charge in [0.05, 0.1) is 10.3 Å². The monoisotopic (exact) mass is 236 g/mol. The van der Waals surface area contributed by atoms with Gasteiger partial charge in [-0.15, -0.1) is 22.7 Å². The molecule has 2 heterocycles. The van der Waals surface area contributed by atoms with Crippen molar-refractivity contribution in [2.45, 2.75) is 19.3 Å². The van der Waals surface area contributed by atoms with Crippen LogP contribution in [-0.2, 0) is 5.41 Å². The molecule has 78 valence electrons. The molecule has 0 spiro atoms. The van der Waals surface area contributed by atoms with Gasteiger partial charge in [0.25, 0.3) is 0 Å². The summed E-state index contributed by atoms with van der Waals surface area (Å²) < 4.78 is 0. The van der Waals surface area contributed by atoms with Crippen molar-refractivity contribution < 1.29 is 4.79 Å². The van der Waals surface area contributed by atoms with E-state index in [1.165, 1.54) is 11.3 Å². The van der Waals surface area contributed by atoms with Crippen LogP contribution in [0.3, 0.4) is 0 Å². The quantitative estimate of drug-likeness (QED) is 0.737. The molecule has 0 atom stereocenters. The normalized spacial score (nSPS) is 11.6. The summed E-state index contributed by atoms with van der Waals surface area (Å²) in [5.74, 6) is 0.208. The van der Waals surface area contributed by atoms with Gasteiger partial charge in [0.1, 0.15) is 0 Å². The highest BCUT2D eigenvalue weighted by Crippen LogP contribution is 2.32. The van der Waals surface area contributed by atoms with E-state index in [4.69, 9.17) is 0 Å². The molecule has 0 saturated carbocycles. The molecular weight excluding hydrogens is 224 g/mol. The van der Waals surface area contributed by atoms with E-state index in [0.717, 1.165) is 9.75 Å². The van der Waals surface area contributed by atoms with Crippen LogP contribution in [0, 0.1) is 0 Å². The Labute approximate surface area is 97.4 Å². The van der Waals surface area contributed by atoms with Crippen molar-refractivity contribution in [3.8, 4) is 0 Å². The summed E-state index contributed by atoms with van der Waals surface area (Å²) in [5, 5.41) is 3.95. The van der Waals surface area contributed by atoms with E-state index >= 15 is 0 Å². The van der Waals surface area contributed by atoms with Crippen molar-refractivity contribution in [3.05, 3.63) is 44.8 Å². The smallest absolute Gasteiger partial charge is 0.183 e. The third kappa shape index (κ3) is 1.90. The Hall–Kier alpha value is -0.930. The van der Waals surface area contributed by atoms with E-state index in [2.05, 4.69) is 0 Å². The second-order valence-corrected chi connectivity index (χ2v) is 5.80. The molecule has 0 radical (unpaired) electrons.